The van der Waals surface area contributed by atoms with Crippen molar-refractivity contribution < 1.29 is 46.6 Å². The number of aromatic nitrogens is 3. The van der Waals surface area contributed by atoms with Gasteiger partial charge in [-0.3, -0.25) is 19.4 Å². The third kappa shape index (κ3) is 23.6. The van der Waals surface area contributed by atoms with Gasteiger partial charge in [0.1, 0.15) is 30.8 Å². The number of amides is 3. The summed E-state index contributed by atoms with van der Waals surface area (Å²) in [6.45, 7) is 11.4. The van der Waals surface area contributed by atoms with E-state index in [1.54, 1.807) is 24.3 Å². The second-order valence-electron chi connectivity index (χ2n) is 19.8. The standard InChI is InChI=1S/C23H30F3N5O.C13H27N3O3.C7H12O.C6H9NO2.C5H5N.CH5N/c1-14(2)30(3)16-5-7-17(8-6-16)31-11-10-20(22(31)32)29-21-18-12-15(23(24,25)26)4-9-19(18)27-13-28-21;1-14-6-8-18-10-11-19-9-7-16-13(17)12-2-4-15-5-3-12;8-6-7-4-2-1-3-5-7;1-7-3-5(4-8)2-6(7)9;1-2-4-6-5-3-1;1-2/h4,9,12-14,16-17,20H,5-8,10-11H2,1-3H3,(H,27,28,29);12,14-15H,2-11H2,1H3,(H,16,17);6-7H,1-5H2;4-5H,2-3H2,1H3;1-5H;2H2,1H3. The quantitative estimate of drug-likeness (QED) is 0.0801. The number of fused-ring (bicyclic) bond motifs is 1. The summed E-state index contributed by atoms with van der Waals surface area (Å²) >= 11 is 0. The van der Waals surface area contributed by atoms with E-state index in [2.05, 4.69) is 67.7 Å². The van der Waals surface area contributed by atoms with E-state index in [4.69, 9.17) is 9.47 Å². The monoisotopic (exact) mass is 1070 g/mol. The van der Waals surface area contributed by atoms with E-state index in [0.717, 1.165) is 95.7 Å². The molecule has 76 heavy (non-hydrogen) atoms. The van der Waals surface area contributed by atoms with Gasteiger partial charge in [0.15, 0.2) is 0 Å². The van der Waals surface area contributed by atoms with E-state index in [9.17, 15) is 37.1 Å². The number of halogens is 3. The third-order valence-corrected chi connectivity index (χ3v) is 14.1. The normalized spacial score (nSPS) is 20.8. The largest absolute Gasteiger partial charge is 0.416 e. The van der Waals surface area contributed by atoms with Crippen LogP contribution in [-0.2, 0) is 39.6 Å². The Hall–Kier alpha value is -5.19. The van der Waals surface area contributed by atoms with Crippen molar-refractivity contribution in [2.24, 2.45) is 23.5 Å². The molecule has 0 bridgehead atoms. The second-order valence-corrected chi connectivity index (χ2v) is 19.8. The van der Waals surface area contributed by atoms with E-state index in [0.29, 0.717) is 82.4 Å². The fourth-order valence-electron chi connectivity index (χ4n) is 9.45. The van der Waals surface area contributed by atoms with Crippen molar-refractivity contribution in [1.82, 2.24) is 45.6 Å². The van der Waals surface area contributed by atoms with Crippen molar-refractivity contribution in [1.29, 1.82) is 0 Å². The molecular weight excluding hydrogens is 984 g/mol. The number of likely N-dealkylation sites (tertiary alicyclic amines) is 2. The van der Waals surface area contributed by atoms with Crippen molar-refractivity contribution in [3.63, 3.8) is 0 Å². The van der Waals surface area contributed by atoms with Gasteiger partial charge in [0, 0.05) is 93.3 Å². The smallest absolute Gasteiger partial charge is 0.378 e. The number of hydrogen-bond acceptors (Lipinski definition) is 15. The van der Waals surface area contributed by atoms with E-state index in [1.165, 1.54) is 38.7 Å². The molecule has 0 spiro atoms. The van der Waals surface area contributed by atoms with Gasteiger partial charge in [-0.25, -0.2) is 9.97 Å². The molecule has 2 unspecified atom stereocenters. The summed E-state index contributed by atoms with van der Waals surface area (Å²) in [6, 6.07) is 9.89. The number of aldehydes is 2. The number of alkyl halides is 3. The summed E-state index contributed by atoms with van der Waals surface area (Å²) in [5.74, 6) is 1.04. The van der Waals surface area contributed by atoms with Crippen molar-refractivity contribution in [3.8, 4) is 0 Å². The molecule has 3 aromatic rings. The minimum absolute atomic E-state index is 0.00408. The number of carbonyl (C=O) groups excluding carboxylic acids is 5. The molecule has 5 fully saturated rings. The first-order chi connectivity index (χ1) is 36.7. The molecule has 2 atom stereocenters. The van der Waals surface area contributed by atoms with Gasteiger partial charge in [0.05, 0.1) is 37.5 Å². The molecule has 3 amide bonds. The fourth-order valence-corrected chi connectivity index (χ4v) is 9.45. The summed E-state index contributed by atoms with van der Waals surface area (Å²) in [5.41, 5.74) is 4.15. The molecule has 2 saturated carbocycles. The van der Waals surface area contributed by atoms with E-state index in [-0.39, 0.29) is 46.8 Å². The zero-order valence-corrected chi connectivity index (χ0v) is 45.9. The van der Waals surface area contributed by atoms with Crippen LogP contribution < -0.4 is 27.0 Å². The Morgan fingerprint density at radius 2 is 1.51 bits per heavy atom. The highest BCUT2D eigenvalue weighted by atomic mass is 19.4. The lowest BCUT2D eigenvalue weighted by molar-refractivity contribution is -0.137. The summed E-state index contributed by atoms with van der Waals surface area (Å²) in [6.07, 6.45) is 15.4. The number of carbonyl (C=O) groups is 5. The number of anilines is 1. The third-order valence-electron chi connectivity index (χ3n) is 14.1. The summed E-state index contributed by atoms with van der Waals surface area (Å²) in [7, 11) is 7.27. The van der Waals surface area contributed by atoms with E-state index < -0.39 is 17.8 Å². The lowest BCUT2D eigenvalue weighted by atomic mass is 9.89. The summed E-state index contributed by atoms with van der Waals surface area (Å²) in [4.78, 5) is 73.8. The van der Waals surface area contributed by atoms with Crippen LogP contribution in [0.5, 0.6) is 0 Å². The average molecular weight is 1070 g/mol. The Kier molecular flexibility index (Phi) is 31.5. The maximum atomic E-state index is 13.2. The lowest BCUT2D eigenvalue weighted by Crippen LogP contribution is -2.46. The van der Waals surface area contributed by atoms with Crippen molar-refractivity contribution in [2.75, 3.05) is 99.2 Å². The van der Waals surface area contributed by atoms with Gasteiger partial charge in [-0.05, 0) is 136 Å². The first-order valence-corrected chi connectivity index (χ1v) is 27.1. The molecule has 3 aliphatic heterocycles. The number of hydrogen-bond donors (Lipinski definition) is 5. The zero-order valence-electron chi connectivity index (χ0n) is 45.9. The highest BCUT2D eigenvalue weighted by molar-refractivity contribution is 5.93. The topological polar surface area (TPSA) is 226 Å². The number of rotatable bonds is 17. The second kappa shape index (κ2) is 36.8. The Morgan fingerprint density at radius 3 is 2.03 bits per heavy atom. The predicted octanol–water partition coefficient (Wildman–Crippen LogP) is 5.75. The van der Waals surface area contributed by atoms with Crippen LogP contribution in [0.2, 0.25) is 0 Å². The van der Waals surface area contributed by atoms with Crippen molar-refractivity contribution in [3.05, 3.63) is 60.7 Å². The molecule has 6 N–H and O–H groups in total. The molecule has 1 aromatic carbocycles. The molecule has 8 rings (SSSR count). The lowest BCUT2D eigenvalue weighted by Gasteiger charge is -2.39. The zero-order chi connectivity index (χ0) is 55.7. The molecule has 5 heterocycles. The molecule has 426 valence electrons. The minimum Gasteiger partial charge on any atom is -0.378 e. The first-order valence-electron chi connectivity index (χ1n) is 27.1. The summed E-state index contributed by atoms with van der Waals surface area (Å²) in [5, 5.41) is 12.6. The highest BCUT2D eigenvalue weighted by Gasteiger charge is 2.39. The minimum atomic E-state index is -4.45. The number of pyridine rings is 1. The Bertz CT molecular complexity index is 2060. The van der Waals surface area contributed by atoms with Gasteiger partial charge in [-0.2, -0.15) is 13.2 Å². The first kappa shape index (κ1) is 65.1. The number of ether oxygens (including phenoxy) is 2. The van der Waals surface area contributed by atoms with Crippen molar-refractivity contribution in [2.45, 2.75) is 128 Å². The molecule has 3 saturated heterocycles. The van der Waals surface area contributed by atoms with Crippen LogP contribution in [0, 0.1) is 17.8 Å². The van der Waals surface area contributed by atoms with Crippen LogP contribution in [0.1, 0.15) is 103 Å². The van der Waals surface area contributed by atoms with E-state index in [1.807, 2.05) is 30.1 Å². The SMILES string of the molecule is CC(C)N(C)C1CCC(N2CCC(Nc3ncnc4ccc(C(F)(F)F)cc34)C2=O)CC1.CN.CN1CC(C=O)CC1=O.CNCCOCCOCCNC(=O)C1CCNCC1.O=CC1CCCCC1.c1ccncc1. The number of benzene rings is 1. The van der Waals surface area contributed by atoms with Crippen LogP contribution in [0.3, 0.4) is 0 Å². The van der Waals surface area contributed by atoms with Gasteiger partial charge >= 0.3 is 6.18 Å². The maximum absolute atomic E-state index is 13.2. The number of nitrogens with one attached hydrogen (secondary N) is 4. The Morgan fingerprint density at radius 1 is 0.868 bits per heavy atom. The molecule has 0 radical (unpaired) electrons. The molecule has 5 aliphatic rings. The van der Waals surface area contributed by atoms with Crippen LogP contribution in [0.25, 0.3) is 10.9 Å². The van der Waals surface area contributed by atoms with Gasteiger partial charge in [0.25, 0.3) is 0 Å². The molecule has 2 aliphatic carbocycles. The fraction of sp³-hybridized carbons (Fsp3) is 0.673. The van der Waals surface area contributed by atoms with Gasteiger partial charge in [-0.15, -0.1) is 0 Å². The van der Waals surface area contributed by atoms with Gasteiger partial charge in [0.2, 0.25) is 17.7 Å². The number of nitrogens with two attached hydrogens (primary N) is 1. The van der Waals surface area contributed by atoms with E-state index >= 15 is 0 Å². The molecule has 2 aromatic heterocycles. The van der Waals surface area contributed by atoms with Crippen LogP contribution in [0.4, 0.5) is 19.0 Å². The van der Waals surface area contributed by atoms with Gasteiger partial charge < -0.3 is 60.8 Å². The van der Waals surface area contributed by atoms with Crippen LogP contribution in [-0.4, -0.2) is 178 Å². The predicted molar refractivity (Wildman–Crippen MR) is 290 cm³/mol. The number of likely N-dealkylation sites (N-methyl/N-ethyl adjacent to an activating group) is 1. The number of nitrogens with zero attached hydrogens (tertiary/aromatic N) is 6. The Balaban J connectivity index is 0.000000289. The molecule has 21 heteroatoms. The van der Waals surface area contributed by atoms with Crippen LogP contribution in [0.15, 0.2) is 55.1 Å². The van der Waals surface area contributed by atoms with Crippen molar-refractivity contribution >= 4 is 47.0 Å². The molecule has 18 nitrogen and oxygen atoms in total. The highest BCUT2D eigenvalue weighted by Crippen LogP contribution is 2.34. The molecular formula is C55H88F3N11O7. The maximum Gasteiger partial charge on any atom is 0.416 e. The van der Waals surface area contributed by atoms with Crippen LogP contribution >= 0.6 is 0 Å². The van der Waals surface area contributed by atoms with Gasteiger partial charge in [-0.1, -0.05) is 25.3 Å². The number of piperidine rings is 1. The summed E-state index contributed by atoms with van der Waals surface area (Å²) < 4.78 is 50.2. The average Bonchev–Trinajstić information content (AvgIpc) is 3.99. The Labute approximate surface area is 449 Å².